The third-order valence-electron chi connectivity index (χ3n) is 3.80. The first-order valence-corrected chi connectivity index (χ1v) is 7.45. The first-order chi connectivity index (χ1) is 10.6. The zero-order chi connectivity index (χ0) is 15.3. The van der Waals surface area contributed by atoms with Gasteiger partial charge in [0.1, 0.15) is 17.7 Å². The predicted octanol–water partition coefficient (Wildman–Crippen LogP) is 3.30. The number of fused-ring (bicyclic) bond motifs is 1. The SMILES string of the molecule is N[N+]12C=CN=CC1=C(C1=CC=C1)N=C2c1ccc(Br)c(F)c1. The van der Waals surface area contributed by atoms with Gasteiger partial charge in [-0.1, -0.05) is 18.2 Å². The van der Waals surface area contributed by atoms with Gasteiger partial charge in [-0.05, 0) is 34.1 Å². The molecular weight excluding hydrogens is 347 g/mol. The van der Waals surface area contributed by atoms with Crippen LogP contribution < -0.4 is 5.84 Å². The number of quaternary nitrogens is 1. The van der Waals surface area contributed by atoms with Crippen molar-refractivity contribution in [3.05, 3.63) is 81.6 Å². The van der Waals surface area contributed by atoms with Crippen molar-refractivity contribution >= 4 is 28.0 Å². The predicted molar refractivity (Wildman–Crippen MR) is 87.0 cm³/mol. The summed E-state index contributed by atoms with van der Waals surface area (Å²) < 4.78 is 14.2. The van der Waals surface area contributed by atoms with Gasteiger partial charge in [-0.3, -0.25) is 4.99 Å². The van der Waals surface area contributed by atoms with E-state index in [-0.39, 0.29) is 10.4 Å². The van der Waals surface area contributed by atoms with Crippen LogP contribution in [0.5, 0.6) is 0 Å². The van der Waals surface area contributed by atoms with E-state index in [1.54, 1.807) is 30.7 Å². The summed E-state index contributed by atoms with van der Waals surface area (Å²) in [5.41, 5.74) is 3.18. The van der Waals surface area contributed by atoms with Crippen LogP contribution in [0, 0.1) is 5.82 Å². The second kappa shape index (κ2) is 4.67. The summed E-state index contributed by atoms with van der Waals surface area (Å²) in [4.78, 5) is 8.82. The van der Waals surface area contributed by atoms with Gasteiger partial charge in [-0.2, -0.15) is 10.8 Å². The number of rotatable bonds is 2. The Morgan fingerprint density at radius 1 is 1.27 bits per heavy atom. The molecule has 1 aromatic rings. The third kappa shape index (κ3) is 1.81. The highest BCUT2D eigenvalue weighted by atomic mass is 79.9. The van der Waals surface area contributed by atoms with E-state index in [0.29, 0.717) is 15.9 Å². The average molecular weight is 358 g/mol. The van der Waals surface area contributed by atoms with Crippen LogP contribution in [0.4, 0.5) is 4.39 Å². The molecule has 1 aromatic carbocycles. The van der Waals surface area contributed by atoms with Crippen molar-refractivity contribution in [3.63, 3.8) is 0 Å². The van der Waals surface area contributed by atoms with Crippen LogP contribution in [0.15, 0.2) is 80.3 Å². The summed E-state index contributed by atoms with van der Waals surface area (Å²) in [6.45, 7) is 0. The summed E-state index contributed by atoms with van der Waals surface area (Å²) in [7, 11) is 0. The Balaban J connectivity index is 1.88. The molecule has 108 valence electrons. The Labute approximate surface area is 134 Å². The topological polar surface area (TPSA) is 50.7 Å². The number of allylic oxidation sites excluding steroid dienone is 4. The molecule has 2 heterocycles. The molecule has 2 N–H and O–H groups in total. The van der Waals surface area contributed by atoms with Gasteiger partial charge in [0, 0.05) is 5.57 Å². The molecule has 22 heavy (non-hydrogen) atoms. The Hall–Kier alpha value is -2.15. The van der Waals surface area contributed by atoms with Crippen LogP contribution in [-0.2, 0) is 0 Å². The second-order valence-corrected chi connectivity index (χ2v) is 5.99. The number of amidine groups is 1. The first kappa shape index (κ1) is 13.5. The van der Waals surface area contributed by atoms with E-state index in [9.17, 15) is 4.39 Å². The van der Waals surface area contributed by atoms with Crippen molar-refractivity contribution in [2.45, 2.75) is 0 Å². The fraction of sp³-hybridized carbons (Fsp3) is 0. The zero-order valence-electron chi connectivity index (χ0n) is 11.4. The largest absolute Gasteiger partial charge is 0.265 e. The lowest BCUT2D eigenvalue weighted by Crippen LogP contribution is -2.53. The molecular formula is C16H11BrFN4+. The monoisotopic (exact) mass is 357 g/mol. The van der Waals surface area contributed by atoms with Gasteiger partial charge in [0.25, 0.3) is 5.84 Å². The summed E-state index contributed by atoms with van der Waals surface area (Å²) >= 11 is 3.16. The van der Waals surface area contributed by atoms with Gasteiger partial charge in [-0.25, -0.2) is 4.39 Å². The van der Waals surface area contributed by atoms with Crippen LogP contribution in [0.1, 0.15) is 5.56 Å². The maximum Gasteiger partial charge on any atom is 0.265 e. The summed E-state index contributed by atoms with van der Waals surface area (Å²) in [5.74, 6) is 6.74. The molecule has 0 bridgehead atoms. The molecule has 0 aromatic heterocycles. The van der Waals surface area contributed by atoms with Crippen LogP contribution in [0.2, 0.25) is 0 Å². The fourth-order valence-corrected chi connectivity index (χ4v) is 2.82. The highest BCUT2D eigenvalue weighted by Gasteiger charge is 2.44. The lowest BCUT2D eigenvalue weighted by molar-refractivity contribution is -0.750. The van der Waals surface area contributed by atoms with E-state index in [2.05, 4.69) is 25.9 Å². The molecule has 2 aliphatic heterocycles. The molecule has 1 aliphatic carbocycles. The van der Waals surface area contributed by atoms with Crippen LogP contribution >= 0.6 is 15.9 Å². The molecule has 0 amide bonds. The number of benzene rings is 1. The highest BCUT2D eigenvalue weighted by molar-refractivity contribution is 9.10. The number of aliphatic imine (C=N–C) groups is 2. The third-order valence-corrected chi connectivity index (χ3v) is 4.44. The van der Waals surface area contributed by atoms with E-state index in [1.807, 2.05) is 18.2 Å². The molecule has 6 heteroatoms. The van der Waals surface area contributed by atoms with Crippen LogP contribution in [-0.4, -0.2) is 16.6 Å². The number of nitrogens with two attached hydrogens (primary N) is 1. The van der Waals surface area contributed by atoms with Gasteiger partial charge >= 0.3 is 0 Å². The minimum atomic E-state index is -0.348. The Morgan fingerprint density at radius 3 is 2.77 bits per heavy atom. The van der Waals surface area contributed by atoms with Crippen molar-refractivity contribution in [1.82, 2.24) is 0 Å². The Bertz CT molecular complexity index is 876. The zero-order valence-corrected chi connectivity index (χ0v) is 13.0. The van der Waals surface area contributed by atoms with E-state index in [0.717, 1.165) is 17.0 Å². The molecule has 4 nitrogen and oxygen atoms in total. The summed E-state index contributed by atoms with van der Waals surface area (Å²) in [6.07, 6.45) is 10.9. The molecule has 3 aliphatic rings. The van der Waals surface area contributed by atoms with Crippen molar-refractivity contribution in [2.75, 3.05) is 0 Å². The van der Waals surface area contributed by atoms with Crippen molar-refractivity contribution in [2.24, 2.45) is 15.8 Å². The van der Waals surface area contributed by atoms with Gasteiger partial charge in [0.05, 0.1) is 22.5 Å². The fourth-order valence-electron chi connectivity index (χ4n) is 2.58. The minimum absolute atomic E-state index is 0.106. The van der Waals surface area contributed by atoms with Gasteiger partial charge in [-0.15, -0.1) is 4.59 Å². The number of halogens is 2. The molecule has 1 unspecified atom stereocenters. The maximum atomic E-state index is 13.9. The number of hydrogen-bond acceptors (Lipinski definition) is 3. The maximum absolute atomic E-state index is 13.9. The average Bonchev–Trinajstić information content (AvgIpc) is 2.74. The summed E-state index contributed by atoms with van der Waals surface area (Å²) in [5, 5.41) is 0. The Morgan fingerprint density at radius 2 is 2.09 bits per heavy atom. The quantitative estimate of drug-likeness (QED) is 0.640. The molecule has 0 saturated carbocycles. The Kier molecular flexibility index (Phi) is 2.87. The first-order valence-electron chi connectivity index (χ1n) is 6.66. The highest BCUT2D eigenvalue weighted by Crippen LogP contribution is 2.36. The molecule has 1 atom stereocenters. The lowest BCUT2D eigenvalue weighted by Gasteiger charge is -2.26. The van der Waals surface area contributed by atoms with Gasteiger partial charge in [0.2, 0.25) is 5.70 Å². The van der Waals surface area contributed by atoms with E-state index >= 15 is 0 Å². The van der Waals surface area contributed by atoms with Crippen molar-refractivity contribution < 1.29 is 8.98 Å². The smallest absolute Gasteiger partial charge is 0.253 e. The van der Waals surface area contributed by atoms with E-state index in [4.69, 9.17) is 5.84 Å². The van der Waals surface area contributed by atoms with Gasteiger partial charge < -0.3 is 0 Å². The van der Waals surface area contributed by atoms with E-state index in [1.165, 1.54) is 6.07 Å². The molecule has 0 radical (unpaired) electrons. The van der Waals surface area contributed by atoms with Gasteiger partial charge in [0.15, 0.2) is 0 Å². The minimum Gasteiger partial charge on any atom is -0.253 e. The van der Waals surface area contributed by atoms with Crippen LogP contribution in [0.3, 0.4) is 0 Å². The van der Waals surface area contributed by atoms with Crippen LogP contribution in [0.25, 0.3) is 0 Å². The molecule has 0 fully saturated rings. The summed E-state index contributed by atoms with van der Waals surface area (Å²) in [6, 6.07) is 4.88. The number of nitrogens with zero attached hydrogens (tertiary/aromatic N) is 3. The number of hydrogen-bond donors (Lipinski definition) is 1. The molecule has 0 saturated heterocycles. The normalized spacial score (nSPS) is 25.0. The second-order valence-electron chi connectivity index (χ2n) is 5.13. The standard InChI is InChI=1S/C16H11BrFN4/c17-12-5-4-11(8-13(12)18)16-21-15(10-2-1-3-10)14-9-20-6-7-22(14,16)19/h1-9H,19H2/q+1. The van der Waals surface area contributed by atoms with Crippen molar-refractivity contribution in [3.8, 4) is 0 Å². The molecule has 4 rings (SSSR count). The van der Waals surface area contributed by atoms with Crippen molar-refractivity contribution in [1.29, 1.82) is 0 Å². The molecule has 0 spiro atoms. The lowest BCUT2D eigenvalue weighted by atomic mass is 10.0. The van der Waals surface area contributed by atoms with E-state index < -0.39 is 0 Å².